The van der Waals surface area contributed by atoms with Crippen molar-refractivity contribution in [1.82, 2.24) is 15.2 Å². The van der Waals surface area contributed by atoms with Crippen LogP contribution in [0, 0.1) is 0 Å². The topological polar surface area (TPSA) is 54.5 Å². The number of amides is 1. The Bertz CT molecular complexity index is 688. The zero-order valence-corrected chi connectivity index (χ0v) is 12.9. The molecule has 1 N–H and O–H groups in total. The normalized spacial score (nSPS) is 25.0. The van der Waals surface area contributed by atoms with Gasteiger partial charge in [0.2, 0.25) is 0 Å². The Morgan fingerprint density at radius 2 is 2.32 bits per heavy atom. The van der Waals surface area contributed by atoms with E-state index in [0.29, 0.717) is 13.2 Å². The number of likely N-dealkylation sites (tertiary alicyclic amines) is 1. The summed E-state index contributed by atoms with van der Waals surface area (Å²) in [5.41, 5.74) is 2.96. The number of hydrogen-bond acceptors (Lipinski definition) is 5. The number of fused-ring (bicyclic) bond motifs is 1. The summed E-state index contributed by atoms with van der Waals surface area (Å²) in [6.07, 6.45) is 2.71. The fraction of sp³-hybridized carbons (Fsp3) is 0.375. The van der Waals surface area contributed by atoms with E-state index in [9.17, 15) is 4.79 Å². The molecular formula is C16H17N3O2S. The molecule has 0 radical (unpaired) electrons. The molecule has 22 heavy (non-hydrogen) atoms. The number of hydrogen-bond donors (Lipinski definition) is 1. The summed E-state index contributed by atoms with van der Waals surface area (Å²) in [5, 5.41) is 3.10. The van der Waals surface area contributed by atoms with E-state index in [1.54, 1.807) is 11.3 Å². The van der Waals surface area contributed by atoms with Crippen molar-refractivity contribution in [2.75, 3.05) is 13.1 Å². The highest BCUT2D eigenvalue weighted by Gasteiger charge is 2.42. The zero-order chi connectivity index (χ0) is 15.0. The first-order chi connectivity index (χ1) is 10.7. The summed E-state index contributed by atoms with van der Waals surface area (Å²) in [4.78, 5) is 20.1. The van der Waals surface area contributed by atoms with Crippen LogP contribution in [0.5, 0.6) is 0 Å². The van der Waals surface area contributed by atoms with Crippen molar-refractivity contribution < 1.29 is 9.53 Å². The molecule has 2 aliphatic heterocycles. The summed E-state index contributed by atoms with van der Waals surface area (Å²) < 4.78 is 6.11. The van der Waals surface area contributed by atoms with Crippen LogP contribution < -0.4 is 5.32 Å². The molecule has 1 amide bonds. The number of thiazole rings is 1. The fourth-order valence-electron chi connectivity index (χ4n) is 3.15. The number of benzene rings is 1. The fourth-order valence-corrected chi connectivity index (χ4v) is 3.78. The monoisotopic (exact) mass is 315 g/mol. The molecule has 1 aromatic carbocycles. The van der Waals surface area contributed by atoms with Gasteiger partial charge in [-0.1, -0.05) is 18.2 Å². The summed E-state index contributed by atoms with van der Waals surface area (Å²) in [5.74, 6) is -0.0345. The Labute approximate surface area is 132 Å². The van der Waals surface area contributed by atoms with Crippen molar-refractivity contribution in [3.05, 3.63) is 52.0 Å². The van der Waals surface area contributed by atoms with Crippen molar-refractivity contribution in [2.24, 2.45) is 0 Å². The van der Waals surface area contributed by atoms with Crippen molar-refractivity contribution in [3.63, 3.8) is 0 Å². The summed E-state index contributed by atoms with van der Waals surface area (Å²) in [7, 11) is 0. The minimum Gasteiger partial charge on any atom is -0.350 e. The maximum absolute atomic E-state index is 12.5. The highest BCUT2D eigenvalue weighted by Crippen LogP contribution is 2.29. The average molecular weight is 315 g/mol. The Morgan fingerprint density at radius 3 is 3.18 bits per heavy atom. The lowest BCUT2D eigenvalue weighted by Crippen LogP contribution is -2.51. The lowest BCUT2D eigenvalue weighted by atomic mass is 10.1. The van der Waals surface area contributed by atoms with Gasteiger partial charge < -0.3 is 10.1 Å². The van der Waals surface area contributed by atoms with Gasteiger partial charge in [-0.25, -0.2) is 0 Å². The van der Waals surface area contributed by atoms with Gasteiger partial charge in [0.05, 0.1) is 12.1 Å². The van der Waals surface area contributed by atoms with E-state index in [2.05, 4.69) is 15.2 Å². The van der Waals surface area contributed by atoms with Gasteiger partial charge in [-0.2, -0.15) is 0 Å². The molecule has 1 atom stereocenters. The van der Waals surface area contributed by atoms with Gasteiger partial charge in [-0.05, 0) is 11.6 Å². The maximum Gasteiger partial charge on any atom is 0.253 e. The summed E-state index contributed by atoms with van der Waals surface area (Å²) in [6, 6.07) is 7.65. The number of carbonyl (C=O) groups is 1. The Hall–Kier alpha value is -1.76. The van der Waals surface area contributed by atoms with Crippen LogP contribution in [-0.2, 0) is 17.9 Å². The van der Waals surface area contributed by atoms with Gasteiger partial charge in [0.15, 0.2) is 5.72 Å². The third-order valence-corrected chi connectivity index (χ3v) is 5.05. The Balaban J connectivity index is 1.51. The van der Waals surface area contributed by atoms with E-state index in [1.165, 1.54) is 4.88 Å². The van der Waals surface area contributed by atoms with Crippen LogP contribution in [0.1, 0.15) is 27.2 Å². The largest absolute Gasteiger partial charge is 0.350 e. The van der Waals surface area contributed by atoms with Crippen LogP contribution >= 0.6 is 11.3 Å². The van der Waals surface area contributed by atoms with Crippen molar-refractivity contribution in [3.8, 4) is 0 Å². The second-order valence-corrected chi connectivity index (χ2v) is 6.79. The molecule has 4 rings (SSSR count). The number of rotatable bonds is 2. The SMILES string of the molecule is O=C1NC2(CCN(Cc3cncs3)C2)OCc2ccccc21. The highest BCUT2D eigenvalue weighted by molar-refractivity contribution is 7.09. The molecule has 1 spiro atoms. The molecule has 5 nitrogen and oxygen atoms in total. The number of carbonyl (C=O) groups excluding carboxylic acids is 1. The predicted octanol–water partition coefficient (Wildman–Crippen LogP) is 2.01. The number of ether oxygens (including phenoxy) is 1. The van der Waals surface area contributed by atoms with Crippen molar-refractivity contribution in [1.29, 1.82) is 0 Å². The van der Waals surface area contributed by atoms with Gasteiger partial charge in [0.25, 0.3) is 5.91 Å². The third kappa shape index (κ3) is 2.54. The number of aromatic nitrogens is 1. The second-order valence-electron chi connectivity index (χ2n) is 5.82. The van der Waals surface area contributed by atoms with Gasteiger partial charge in [0, 0.05) is 42.7 Å². The first-order valence-electron chi connectivity index (χ1n) is 7.38. The molecule has 2 aromatic rings. The van der Waals surface area contributed by atoms with Gasteiger partial charge in [0.1, 0.15) is 0 Å². The molecule has 0 saturated carbocycles. The molecule has 0 aliphatic carbocycles. The van der Waals surface area contributed by atoms with Crippen LogP contribution in [0.4, 0.5) is 0 Å². The highest BCUT2D eigenvalue weighted by atomic mass is 32.1. The molecule has 1 unspecified atom stereocenters. The minimum absolute atomic E-state index is 0.0345. The average Bonchev–Trinajstić information content (AvgIpc) is 3.14. The van der Waals surface area contributed by atoms with Crippen molar-refractivity contribution in [2.45, 2.75) is 25.3 Å². The molecular weight excluding hydrogens is 298 g/mol. The Kier molecular flexibility index (Phi) is 3.44. The maximum atomic E-state index is 12.5. The third-order valence-electron chi connectivity index (χ3n) is 4.28. The Morgan fingerprint density at radius 1 is 1.41 bits per heavy atom. The van der Waals surface area contributed by atoms with Crippen LogP contribution in [-0.4, -0.2) is 34.6 Å². The number of nitrogens with one attached hydrogen (secondary N) is 1. The molecule has 1 saturated heterocycles. The van der Waals surface area contributed by atoms with E-state index in [1.807, 2.05) is 36.0 Å². The van der Waals surface area contributed by atoms with Crippen LogP contribution in [0.3, 0.4) is 0 Å². The first-order valence-corrected chi connectivity index (χ1v) is 8.26. The van der Waals surface area contributed by atoms with E-state index < -0.39 is 5.72 Å². The van der Waals surface area contributed by atoms with E-state index in [0.717, 1.165) is 30.6 Å². The van der Waals surface area contributed by atoms with E-state index in [-0.39, 0.29) is 5.91 Å². The molecule has 1 aromatic heterocycles. The zero-order valence-electron chi connectivity index (χ0n) is 12.1. The molecule has 114 valence electrons. The summed E-state index contributed by atoms with van der Waals surface area (Å²) >= 11 is 1.66. The molecule has 6 heteroatoms. The van der Waals surface area contributed by atoms with E-state index in [4.69, 9.17) is 4.74 Å². The lowest BCUT2D eigenvalue weighted by Gasteiger charge is -2.28. The minimum atomic E-state index is -0.569. The van der Waals surface area contributed by atoms with Crippen LogP contribution in [0.25, 0.3) is 0 Å². The first kappa shape index (κ1) is 13.9. The van der Waals surface area contributed by atoms with Gasteiger partial charge in [-0.15, -0.1) is 11.3 Å². The standard InChI is InChI=1S/C16H17N3O2S/c20-15-14-4-2-1-3-12(14)9-21-16(18-15)5-6-19(10-16)8-13-7-17-11-22-13/h1-4,7,11H,5-6,8-10H2,(H,18,20). The lowest BCUT2D eigenvalue weighted by molar-refractivity contribution is -0.0629. The smallest absolute Gasteiger partial charge is 0.253 e. The van der Waals surface area contributed by atoms with E-state index >= 15 is 0 Å². The van der Waals surface area contributed by atoms with Crippen LogP contribution in [0.15, 0.2) is 36.0 Å². The quantitative estimate of drug-likeness (QED) is 0.921. The van der Waals surface area contributed by atoms with Crippen LogP contribution in [0.2, 0.25) is 0 Å². The molecule has 3 heterocycles. The summed E-state index contributed by atoms with van der Waals surface area (Å²) in [6.45, 7) is 2.96. The number of nitrogens with zero attached hydrogens (tertiary/aromatic N) is 2. The van der Waals surface area contributed by atoms with Gasteiger partial charge in [-0.3, -0.25) is 14.7 Å². The molecule has 0 bridgehead atoms. The molecule has 1 fully saturated rings. The predicted molar refractivity (Wildman–Crippen MR) is 83.4 cm³/mol. The van der Waals surface area contributed by atoms with Crippen molar-refractivity contribution >= 4 is 17.2 Å². The van der Waals surface area contributed by atoms with Gasteiger partial charge >= 0.3 is 0 Å². The second kappa shape index (κ2) is 5.46. The molecule has 2 aliphatic rings.